The lowest BCUT2D eigenvalue weighted by atomic mass is 10.0. The van der Waals surface area contributed by atoms with E-state index in [0.717, 1.165) is 103 Å². The van der Waals surface area contributed by atoms with Gasteiger partial charge in [0, 0.05) is 19.3 Å². The first kappa shape index (κ1) is 67.7. The van der Waals surface area contributed by atoms with Crippen molar-refractivity contribution in [1.29, 1.82) is 0 Å². The van der Waals surface area contributed by atoms with Crippen molar-refractivity contribution in [3.63, 3.8) is 0 Å². The number of phosphoric acid groups is 1. The topological polar surface area (TPSA) is 155 Å². The number of rotatable bonds is 54. The van der Waals surface area contributed by atoms with Gasteiger partial charge in [0.25, 0.3) is 0 Å². The van der Waals surface area contributed by atoms with Crippen LogP contribution in [0.5, 0.6) is 0 Å². The maximum Gasteiger partial charge on any atom is 0.472 e. The second-order valence-corrected chi connectivity index (χ2v) is 20.9. The van der Waals surface area contributed by atoms with Gasteiger partial charge in [-0.25, -0.2) is 4.57 Å². The number of ether oxygens (including phenoxy) is 3. The average molecular weight is 1010 g/mol. The Hall–Kier alpha value is -2.30. The molecule has 0 rings (SSSR count). The lowest BCUT2D eigenvalue weighted by Crippen LogP contribution is -2.30. The number of allylic oxidation sites excluding steroid dienone is 6. The third-order valence-corrected chi connectivity index (χ3v) is 13.5. The van der Waals surface area contributed by atoms with Gasteiger partial charge in [0.1, 0.15) is 12.7 Å². The molecule has 0 aromatic heterocycles. The van der Waals surface area contributed by atoms with Crippen molar-refractivity contribution in [2.24, 2.45) is 0 Å². The number of unbranched alkanes of at least 4 members (excludes halogenated alkanes) is 31. The number of hydrogen-bond acceptors (Lipinski definition) is 10. The number of esters is 3. The van der Waals surface area contributed by atoms with Crippen molar-refractivity contribution >= 4 is 25.7 Å². The van der Waals surface area contributed by atoms with E-state index in [4.69, 9.17) is 23.3 Å². The van der Waals surface area contributed by atoms with Crippen LogP contribution in [0.3, 0.4) is 0 Å². The molecule has 0 amide bonds. The number of carbonyl (C=O) groups excluding carboxylic acids is 3. The molecule has 2 N–H and O–H groups in total. The molecule has 0 aliphatic heterocycles. The van der Waals surface area contributed by atoms with E-state index < -0.39 is 57.8 Å². The minimum absolute atomic E-state index is 0.153. The van der Waals surface area contributed by atoms with E-state index in [2.05, 4.69) is 57.2 Å². The molecule has 3 unspecified atom stereocenters. The summed E-state index contributed by atoms with van der Waals surface area (Å²) in [7, 11) is -4.75. The molecule has 0 saturated heterocycles. The van der Waals surface area contributed by atoms with E-state index in [1.807, 2.05) is 0 Å². The molecule has 0 radical (unpaired) electrons. The zero-order valence-electron chi connectivity index (χ0n) is 45.2. The van der Waals surface area contributed by atoms with Crippen LogP contribution in [0.25, 0.3) is 0 Å². The van der Waals surface area contributed by atoms with Crippen LogP contribution in [0.2, 0.25) is 0 Å². The second kappa shape index (κ2) is 53.0. The Bertz CT molecular complexity index is 1320. The summed E-state index contributed by atoms with van der Waals surface area (Å²) >= 11 is 0. The number of aliphatic hydroxyl groups is 1. The lowest BCUT2D eigenvalue weighted by Gasteiger charge is -2.21. The normalized spacial score (nSPS) is 13.6. The highest BCUT2D eigenvalue weighted by atomic mass is 31.2. The molecule has 11 nitrogen and oxygen atoms in total. The SMILES string of the molecule is CCCCC/C=C\C/C=C\CCCCCCCC(=O)OC(COC(=O)CCCCCCC/C=C\CCCCCCCC)COP(=O)(O)OCC(CO)OC(=O)CCCCCCCCCCCCCCC. The summed E-state index contributed by atoms with van der Waals surface area (Å²) in [4.78, 5) is 48.5. The first-order valence-electron chi connectivity index (χ1n) is 28.9. The van der Waals surface area contributed by atoms with Crippen LogP contribution in [0.1, 0.15) is 278 Å². The van der Waals surface area contributed by atoms with Gasteiger partial charge < -0.3 is 24.2 Å². The van der Waals surface area contributed by atoms with Crippen LogP contribution in [-0.4, -0.2) is 66.5 Å². The molecule has 0 bridgehead atoms. The summed E-state index contributed by atoms with van der Waals surface area (Å²) in [6.45, 7) is 4.62. The molecule has 410 valence electrons. The van der Waals surface area contributed by atoms with Gasteiger partial charge in [-0.05, 0) is 77.0 Å². The zero-order valence-corrected chi connectivity index (χ0v) is 46.1. The van der Waals surface area contributed by atoms with Crippen molar-refractivity contribution in [1.82, 2.24) is 0 Å². The summed E-state index contributed by atoms with van der Waals surface area (Å²) in [5, 5.41) is 9.80. The standard InChI is InChI=1S/C58H107O11P/c1-4-7-10-13-16-19-22-25-27-30-32-35-38-41-44-47-56(60)65-51-55(69-58(62)49-46-43-40-37-34-31-28-26-23-20-17-14-11-8-5-2)53-67-70(63,64)66-52-54(50-59)68-57(61)48-45-42-39-36-33-29-24-21-18-15-12-9-6-3/h17,20,25-28,54-55,59H,4-16,18-19,21-24,29-53H2,1-3H3,(H,63,64)/b20-17-,27-25-,28-26-. The Morgan fingerprint density at radius 1 is 0.400 bits per heavy atom. The Labute approximate surface area is 429 Å². The maximum absolute atomic E-state index is 12.9. The van der Waals surface area contributed by atoms with E-state index in [1.165, 1.54) is 116 Å². The highest BCUT2D eigenvalue weighted by molar-refractivity contribution is 7.47. The van der Waals surface area contributed by atoms with Crippen molar-refractivity contribution < 1.29 is 52.2 Å². The Morgan fingerprint density at radius 3 is 1.10 bits per heavy atom. The molecule has 0 aromatic carbocycles. The summed E-state index contributed by atoms with van der Waals surface area (Å²) in [6.07, 6.45) is 53.8. The highest BCUT2D eigenvalue weighted by Crippen LogP contribution is 2.43. The quantitative estimate of drug-likeness (QED) is 0.0197. The van der Waals surface area contributed by atoms with Crippen LogP contribution in [0.15, 0.2) is 36.5 Å². The van der Waals surface area contributed by atoms with Crippen LogP contribution in [0.4, 0.5) is 0 Å². The summed E-state index contributed by atoms with van der Waals surface area (Å²) in [6, 6.07) is 0. The van der Waals surface area contributed by atoms with E-state index in [-0.39, 0.29) is 25.9 Å². The fraction of sp³-hybridized carbons (Fsp3) is 0.845. The molecule has 0 fully saturated rings. The first-order chi connectivity index (χ1) is 34.2. The Balaban J connectivity index is 4.73. The van der Waals surface area contributed by atoms with Gasteiger partial charge in [-0.1, -0.05) is 218 Å². The molecule has 12 heteroatoms. The van der Waals surface area contributed by atoms with E-state index >= 15 is 0 Å². The third-order valence-electron chi connectivity index (χ3n) is 12.5. The lowest BCUT2D eigenvalue weighted by molar-refractivity contribution is -0.161. The number of hydrogen-bond donors (Lipinski definition) is 2. The minimum atomic E-state index is -4.75. The van der Waals surface area contributed by atoms with Gasteiger partial charge in [-0.15, -0.1) is 0 Å². The highest BCUT2D eigenvalue weighted by Gasteiger charge is 2.28. The number of carbonyl (C=O) groups is 3. The van der Waals surface area contributed by atoms with Gasteiger partial charge >= 0.3 is 25.7 Å². The minimum Gasteiger partial charge on any atom is -0.462 e. The van der Waals surface area contributed by atoms with Crippen LogP contribution < -0.4 is 0 Å². The maximum atomic E-state index is 12.9. The van der Waals surface area contributed by atoms with Crippen molar-refractivity contribution in [3.05, 3.63) is 36.5 Å². The molecular weight excluding hydrogens is 904 g/mol. The van der Waals surface area contributed by atoms with Crippen molar-refractivity contribution in [2.75, 3.05) is 26.4 Å². The van der Waals surface area contributed by atoms with E-state index in [0.29, 0.717) is 19.3 Å². The van der Waals surface area contributed by atoms with Crippen LogP contribution in [0, 0.1) is 0 Å². The molecule has 0 aliphatic carbocycles. The molecule has 0 aliphatic rings. The molecule has 0 heterocycles. The van der Waals surface area contributed by atoms with E-state index in [1.54, 1.807) is 0 Å². The van der Waals surface area contributed by atoms with Gasteiger partial charge in [0.15, 0.2) is 6.10 Å². The molecule has 0 aromatic rings. The van der Waals surface area contributed by atoms with Gasteiger partial charge in [0.05, 0.1) is 19.8 Å². The van der Waals surface area contributed by atoms with Gasteiger partial charge in [-0.3, -0.25) is 23.4 Å². The van der Waals surface area contributed by atoms with Gasteiger partial charge in [-0.2, -0.15) is 0 Å². The predicted octanol–water partition coefficient (Wildman–Crippen LogP) is 16.8. The molecule has 0 spiro atoms. The monoisotopic (exact) mass is 1010 g/mol. The van der Waals surface area contributed by atoms with E-state index in [9.17, 15) is 28.9 Å². The Kier molecular flexibility index (Phi) is 51.3. The second-order valence-electron chi connectivity index (χ2n) is 19.5. The molecular formula is C58H107O11P. The van der Waals surface area contributed by atoms with Crippen LogP contribution >= 0.6 is 7.82 Å². The summed E-state index contributed by atoms with van der Waals surface area (Å²) in [5.74, 6) is -1.47. The fourth-order valence-electron chi connectivity index (χ4n) is 8.09. The zero-order chi connectivity index (χ0) is 51.3. The molecule has 70 heavy (non-hydrogen) atoms. The fourth-order valence-corrected chi connectivity index (χ4v) is 8.87. The molecule has 3 atom stereocenters. The molecule has 0 saturated carbocycles. The predicted molar refractivity (Wildman–Crippen MR) is 289 cm³/mol. The van der Waals surface area contributed by atoms with Crippen molar-refractivity contribution in [3.8, 4) is 0 Å². The Morgan fingerprint density at radius 2 is 0.700 bits per heavy atom. The van der Waals surface area contributed by atoms with Crippen molar-refractivity contribution in [2.45, 2.75) is 290 Å². The average Bonchev–Trinajstić information content (AvgIpc) is 3.35. The third kappa shape index (κ3) is 50.6. The first-order valence-corrected chi connectivity index (χ1v) is 30.4. The summed E-state index contributed by atoms with van der Waals surface area (Å²) in [5.41, 5.74) is 0. The largest absolute Gasteiger partial charge is 0.472 e. The van der Waals surface area contributed by atoms with Crippen LogP contribution in [-0.2, 0) is 42.2 Å². The number of aliphatic hydroxyl groups excluding tert-OH is 1. The summed E-state index contributed by atoms with van der Waals surface area (Å²) < 4.78 is 39.5. The smallest absolute Gasteiger partial charge is 0.462 e. The number of phosphoric ester groups is 1. The van der Waals surface area contributed by atoms with Gasteiger partial charge in [0.2, 0.25) is 0 Å².